The number of allylic oxidation sites excluding steroid dienone is 1. The molecular weight excluding hydrogens is 685 g/mol. The fourth-order valence-corrected chi connectivity index (χ4v) is 8.21. The summed E-state index contributed by atoms with van der Waals surface area (Å²) in [5, 5.41) is 7.76. The van der Waals surface area contributed by atoms with Crippen LogP contribution in [0, 0.1) is 0 Å². The van der Waals surface area contributed by atoms with Gasteiger partial charge in [-0.3, -0.25) is 4.57 Å². The van der Waals surface area contributed by atoms with Crippen molar-refractivity contribution in [1.82, 2.24) is 19.5 Å². The monoisotopic (exact) mass is 717 g/mol. The van der Waals surface area contributed by atoms with E-state index in [0.717, 1.165) is 78.7 Å². The van der Waals surface area contributed by atoms with Crippen molar-refractivity contribution in [3.63, 3.8) is 0 Å². The lowest BCUT2D eigenvalue weighted by Crippen LogP contribution is -2.24. The largest absolute Gasteiger partial charge is 0.278 e. The number of benzene rings is 7. The number of para-hydroxylation sites is 2. The predicted molar refractivity (Wildman–Crippen MR) is 226 cm³/mol. The fraction of sp³-hybridized carbons (Fsp3) is 0.0200. The van der Waals surface area contributed by atoms with Crippen LogP contribution in [0.5, 0.6) is 0 Å². The molecule has 0 unspecified atom stereocenters. The number of hydrazone groups is 1. The predicted octanol–water partition coefficient (Wildman–Crippen LogP) is 10.6. The van der Waals surface area contributed by atoms with Gasteiger partial charge in [-0.2, -0.15) is 9.97 Å². The highest BCUT2D eigenvalue weighted by Gasteiger charge is 2.42. The van der Waals surface area contributed by atoms with E-state index in [1.54, 1.807) is 0 Å². The SMILES string of the molecule is c1ccc(C2=N[N+]3=C(c4cccc(-c5nc(-c6ccccc6)nc(-n6c7ccccc7c7ccccc76)n5)c4)Cc4ccccc4C3=C2c2ccccc2)cc1. The summed E-state index contributed by atoms with van der Waals surface area (Å²) in [6.45, 7) is 0. The standard InChI is InChI=1S/C50H33N6/c1-4-17-33(18-5-1)45-46(34-19-6-2-7-20-34)54-56-44(32-36-23-10-11-26-39(36)47(45)56)37-24-16-25-38(31-37)49-51-48(35-21-8-3-9-22-35)52-50(53-49)55-42-29-14-12-27-40(42)41-28-13-15-30-43(41)55/h1-31H,32H2/q+1. The van der Waals surface area contributed by atoms with Gasteiger partial charge in [0.1, 0.15) is 0 Å². The van der Waals surface area contributed by atoms with Gasteiger partial charge < -0.3 is 0 Å². The van der Waals surface area contributed by atoms with Crippen LogP contribution in [0.25, 0.3) is 61.8 Å². The van der Waals surface area contributed by atoms with Crippen molar-refractivity contribution in [3.05, 3.63) is 216 Å². The fourth-order valence-electron chi connectivity index (χ4n) is 8.21. The molecule has 2 aliphatic heterocycles. The first-order valence-corrected chi connectivity index (χ1v) is 18.9. The minimum atomic E-state index is 0.574. The second-order valence-corrected chi connectivity index (χ2v) is 14.1. The average molecular weight is 718 g/mol. The Bertz CT molecular complexity index is 3030. The molecule has 9 aromatic rings. The number of nitrogens with zero attached hydrogens (tertiary/aromatic N) is 6. The molecule has 0 radical (unpaired) electrons. The molecule has 0 fully saturated rings. The Morgan fingerprint density at radius 2 is 0.982 bits per heavy atom. The second-order valence-electron chi connectivity index (χ2n) is 14.1. The Balaban J connectivity index is 1.13. The van der Waals surface area contributed by atoms with Crippen LogP contribution in [-0.2, 0) is 6.42 Å². The van der Waals surface area contributed by atoms with Gasteiger partial charge >= 0.3 is 0 Å². The molecule has 2 aliphatic rings. The molecule has 0 aliphatic carbocycles. The van der Waals surface area contributed by atoms with Gasteiger partial charge in [-0.05, 0) is 46.1 Å². The molecule has 11 rings (SSSR count). The van der Waals surface area contributed by atoms with Crippen molar-refractivity contribution >= 4 is 44.5 Å². The van der Waals surface area contributed by atoms with E-state index in [0.29, 0.717) is 17.6 Å². The Kier molecular flexibility index (Phi) is 7.45. The zero-order valence-corrected chi connectivity index (χ0v) is 30.3. The smallest absolute Gasteiger partial charge is 0.256 e. The average Bonchev–Trinajstić information content (AvgIpc) is 3.84. The summed E-state index contributed by atoms with van der Waals surface area (Å²) in [6.07, 6.45) is 0.718. The number of hydrogen-bond acceptors (Lipinski definition) is 4. The van der Waals surface area contributed by atoms with Crippen LogP contribution in [0.2, 0.25) is 0 Å². The van der Waals surface area contributed by atoms with Crippen molar-refractivity contribution in [1.29, 1.82) is 0 Å². The third kappa shape index (κ3) is 5.22. The summed E-state index contributed by atoms with van der Waals surface area (Å²) in [5.74, 6) is 1.79. The summed E-state index contributed by atoms with van der Waals surface area (Å²) >= 11 is 0. The summed E-state index contributed by atoms with van der Waals surface area (Å²) in [5.41, 5.74) is 13.9. The highest BCUT2D eigenvalue weighted by atomic mass is 15.4. The highest BCUT2D eigenvalue weighted by Crippen LogP contribution is 2.41. The maximum absolute atomic E-state index is 5.45. The first kappa shape index (κ1) is 31.9. The van der Waals surface area contributed by atoms with Crippen LogP contribution < -0.4 is 0 Å². The van der Waals surface area contributed by atoms with E-state index < -0.39 is 0 Å². The molecular formula is C50H33N6+. The molecule has 4 heterocycles. The van der Waals surface area contributed by atoms with E-state index >= 15 is 0 Å². The lowest BCUT2D eigenvalue weighted by atomic mass is 9.87. The van der Waals surface area contributed by atoms with Gasteiger partial charge in [0.15, 0.2) is 17.4 Å². The topological polar surface area (TPSA) is 59.0 Å². The summed E-state index contributed by atoms with van der Waals surface area (Å²) in [4.78, 5) is 15.5. The van der Waals surface area contributed by atoms with Gasteiger partial charge in [0.2, 0.25) is 11.7 Å². The van der Waals surface area contributed by atoms with Crippen LogP contribution in [0.1, 0.15) is 27.8 Å². The van der Waals surface area contributed by atoms with Crippen LogP contribution in [0.3, 0.4) is 0 Å². The zero-order valence-electron chi connectivity index (χ0n) is 30.3. The van der Waals surface area contributed by atoms with Gasteiger partial charge in [0.25, 0.3) is 5.70 Å². The highest BCUT2D eigenvalue weighted by molar-refractivity contribution is 6.37. The number of aromatic nitrogens is 4. The van der Waals surface area contributed by atoms with Crippen LogP contribution >= 0.6 is 0 Å². The molecule has 262 valence electrons. The Morgan fingerprint density at radius 1 is 0.446 bits per heavy atom. The number of fused-ring (bicyclic) bond motifs is 6. The molecule has 0 amide bonds. The van der Waals surface area contributed by atoms with Gasteiger partial charge in [0, 0.05) is 38.1 Å². The summed E-state index contributed by atoms with van der Waals surface area (Å²) < 4.78 is 4.34. The van der Waals surface area contributed by atoms with Crippen molar-refractivity contribution in [2.24, 2.45) is 5.10 Å². The third-order valence-corrected chi connectivity index (χ3v) is 10.8. The van der Waals surface area contributed by atoms with Crippen molar-refractivity contribution < 1.29 is 4.68 Å². The van der Waals surface area contributed by atoms with Crippen LogP contribution in [-0.4, -0.2) is 35.6 Å². The van der Waals surface area contributed by atoms with Crippen molar-refractivity contribution in [2.75, 3.05) is 0 Å². The molecule has 0 atom stereocenters. The Labute approximate surface area is 323 Å². The zero-order chi connectivity index (χ0) is 37.0. The second kappa shape index (κ2) is 13.1. The van der Waals surface area contributed by atoms with Crippen LogP contribution in [0.15, 0.2) is 193 Å². The molecule has 0 bridgehead atoms. The molecule has 6 heteroatoms. The summed E-state index contributed by atoms with van der Waals surface area (Å²) in [7, 11) is 0. The van der Waals surface area contributed by atoms with E-state index in [9.17, 15) is 0 Å². The van der Waals surface area contributed by atoms with Crippen molar-refractivity contribution in [2.45, 2.75) is 6.42 Å². The van der Waals surface area contributed by atoms with Gasteiger partial charge in [-0.15, -0.1) is 0 Å². The first-order valence-electron chi connectivity index (χ1n) is 18.9. The molecule has 0 spiro atoms. The van der Waals surface area contributed by atoms with E-state index in [1.807, 2.05) is 30.3 Å². The first-order chi connectivity index (χ1) is 27.8. The summed E-state index contributed by atoms with van der Waals surface area (Å²) in [6, 6.07) is 65.5. The van der Waals surface area contributed by atoms with Gasteiger partial charge in [-0.1, -0.05) is 158 Å². The lowest BCUT2D eigenvalue weighted by Gasteiger charge is -2.16. The third-order valence-electron chi connectivity index (χ3n) is 10.8. The molecule has 0 N–H and O–H groups in total. The Morgan fingerprint density at radius 3 is 1.68 bits per heavy atom. The van der Waals surface area contributed by atoms with E-state index in [1.165, 1.54) is 11.1 Å². The van der Waals surface area contributed by atoms with Gasteiger partial charge in [-0.25, -0.2) is 4.98 Å². The number of hydrogen-bond donors (Lipinski definition) is 0. The van der Waals surface area contributed by atoms with E-state index in [-0.39, 0.29) is 0 Å². The molecule has 6 nitrogen and oxygen atoms in total. The van der Waals surface area contributed by atoms with E-state index in [4.69, 9.17) is 20.1 Å². The Hall–Kier alpha value is -7.57. The quantitative estimate of drug-likeness (QED) is 0.161. The minimum absolute atomic E-state index is 0.574. The minimum Gasteiger partial charge on any atom is -0.278 e. The maximum Gasteiger partial charge on any atom is 0.256 e. The molecule has 0 saturated heterocycles. The molecule has 7 aromatic carbocycles. The van der Waals surface area contributed by atoms with E-state index in [2.05, 4.69) is 167 Å². The van der Waals surface area contributed by atoms with Crippen LogP contribution in [0.4, 0.5) is 0 Å². The number of rotatable bonds is 6. The lowest BCUT2D eigenvalue weighted by molar-refractivity contribution is -0.434. The van der Waals surface area contributed by atoms with Gasteiger partial charge in [0.05, 0.1) is 28.6 Å². The normalized spacial score (nSPS) is 13.6. The maximum atomic E-state index is 5.45. The molecule has 0 saturated carbocycles. The molecule has 2 aromatic heterocycles. The van der Waals surface area contributed by atoms with Crippen molar-refractivity contribution in [3.8, 4) is 28.7 Å². The molecule has 56 heavy (non-hydrogen) atoms.